The summed E-state index contributed by atoms with van der Waals surface area (Å²) in [5.74, 6) is 0.262. The highest BCUT2D eigenvalue weighted by Gasteiger charge is 2.42. The molecule has 2 aliphatic heterocycles. The molecule has 0 aromatic heterocycles. The smallest absolute Gasteiger partial charge is 0.224 e. The van der Waals surface area contributed by atoms with Crippen LogP contribution in [0.4, 0.5) is 0 Å². The molecule has 1 amide bonds. The molecule has 0 aromatic rings. The molecule has 4 heteroatoms. The van der Waals surface area contributed by atoms with Gasteiger partial charge in [-0.2, -0.15) is 0 Å². The Morgan fingerprint density at radius 1 is 1.41 bits per heavy atom. The van der Waals surface area contributed by atoms with E-state index in [1.54, 1.807) is 0 Å². The van der Waals surface area contributed by atoms with Crippen LogP contribution in [0, 0.1) is 0 Å². The molecule has 3 atom stereocenters. The first-order chi connectivity index (χ1) is 8.11. The molecule has 0 aliphatic carbocycles. The number of piperidine rings is 1. The molecule has 3 unspecified atom stereocenters. The quantitative estimate of drug-likeness (QED) is 0.767. The first kappa shape index (κ1) is 12.8. The minimum Gasteiger partial charge on any atom is -0.393 e. The van der Waals surface area contributed by atoms with Crippen molar-refractivity contribution in [1.82, 2.24) is 10.2 Å². The standard InChI is InChI=1S/C13H24N2O2/c1-3-14-9(2)6-13(17)15-10-4-5-11(15)8-12(16)7-10/h9-12,14,16H,3-8H2,1-2H3. The van der Waals surface area contributed by atoms with Crippen LogP contribution in [0.1, 0.15) is 46.0 Å². The van der Waals surface area contributed by atoms with Gasteiger partial charge in [-0.3, -0.25) is 4.79 Å². The predicted octanol–water partition coefficient (Wildman–Crippen LogP) is 0.889. The highest BCUT2D eigenvalue weighted by molar-refractivity contribution is 5.78. The molecule has 2 saturated heterocycles. The molecular formula is C13H24N2O2. The third kappa shape index (κ3) is 2.80. The maximum Gasteiger partial charge on any atom is 0.224 e. The van der Waals surface area contributed by atoms with E-state index in [4.69, 9.17) is 0 Å². The van der Waals surface area contributed by atoms with Crippen LogP contribution in [-0.2, 0) is 4.79 Å². The van der Waals surface area contributed by atoms with Crippen molar-refractivity contribution in [2.45, 2.75) is 70.2 Å². The topological polar surface area (TPSA) is 52.6 Å². The fourth-order valence-electron chi connectivity index (χ4n) is 3.34. The lowest BCUT2D eigenvalue weighted by Crippen LogP contribution is -2.49. The molecule has 17 heavy (non-hydrogen) atoms. The number of hydrogen-bond acceptors (Lipinski definition) is 3. The fraction of sp³-hybridized carbons (Fsp3) is 0.923. The number of carbonyl (C=O) groups is 1. The van der Waals surface area contributed by atoms with Gasteiger partial charge in [-0.25, -0.2) is 0 Å². The number of rotatable bonds is 4. The van der Waals surface area contributed by atoms with Gasteiger partial charge in [0.2, 0.25) is 5.91 Å². The van der Waals surface area contributed by atoms with E-state index >= 15 is 0 Å². The van der Waals surface area contributed by atoms with Crippen molar-refractivity contribution in [3.63, 3.8) is 0 Å². The zero-order chi connectivity index (χ0) is 12.4. The lowest BCUT2D eigenvalue weighted by Gasteiger charge is -2.37. The number of aliphatic hydroxyl groups is 1. The summed E-state index contributed by atoms with van der Waals surface area (Å²) in [6, 6.07) is 0.842. The van der Waals surface area contributed by atoms with Crippen LogP contribution in [0.25, 0.3) is 0 Å². The van der Waals surface area contributed by atoms with E-state index in [0.717, 1.165) is 32.2 Å². The third-order valence-corrected chi connectivity index (χ3v) is 4.03. The van der Waals surface area contributed by atoms with Gasteiger partial charge in [0.05, 0.1) is 6.10 Å². The van der Waals surface area contributed by atoms with Crippen molar-refractivity contribution in [3.05, 3.63) is 0 Å². The Morgan fingerprint density at radius 3 is 2.53 bits per heavy atom. The van der Waals surface area contributed by atoms with Crippen LogP contribution < -0.4 is 5.32 Å². The van der Waals surface area contributed by atoms with Crippen LogP contribution in [0.3, 0.4) is 0 Å². The van der Waals surface area contributed by atoms with E-state index in [0.29, 0.717) is 18.5 Å². The van der Waals surface area contributed by atoms with Crippen LogP contribution >= 0.6 is 0 Å². The minimum atomic E-state index is -0.192. The van der Waals surface area contributed by atoms with E-state index in [1.807, 2.05) is 0 Å². The third-order valence-electron chi connectivity index (χ3n) is 4.03. The monoisotopic (exact) mass is 240 g/mol. The number of nitrogens with zero attached hydrogens (tertiary/aromatic N) is 1. The molecular weight excluding hydrogens is 216 g/mol. The van der Waals surface area contributed by atoms with Gasteiger partial charge in [-0.1, -0.05) is 6.92 Å². The van der Waals surface area contributed by atoms with Crippen LogP contribution in [0.15, 0.2) is 0 Å². The average Bonchev–Trinajstić information content (AvgIpc) is 2.51. The number of fused-ring (bicyclic) bond motifs is 2. The number of hydrogen-bond donors (Lipinski definition) is 2. The van der Waals surface area contributed by atoms with E-state index in [2.05, 4.69) is 24.1 Å². The molecule has 0 radical (unpaired) electrons. The second-order valence-electron chi connectivity index (χ2n) is 5.47. The molecule has 2 rings (SSSR count). The van der Waals surface area contributed by atoms with Crippen LogP contribution in [0.5, 0.6) is 0 Å². The molecule has 2 aliphatic rings. The van der Waals surface area contributed by atoms with Gasteiger partial charge < -0.3 is 15.3 Å². The molecule has 0 aromatic carbocycles. The summed E-state index contributed by atoms with van der Waals surface area (Å²) in [7, 11) is 0. The zero-order valence-electron chi connectivity index (χ0n) is 10.9. The van der Waals surface area contributed by atoms with Crippen molar-refractivity contribution in [2.75, 3.05) is 6.54 Å². The molecule has 0 saturated carbocycles. The second-order valence-corrected chi connectivity index (χ2v) is 5.47. The van der Waals surface area contributed by atoms with Gasteiger partial charge in [0.1, 0.15) is 0 Å². The molecule has 2 N–H and O–H groups in total. The molecule has 4 nitrogen and oxygen atoms in total. The minimum absolute atomic E-state index is 0.192. The van der Waals surface area contributed by atoms with E-state index in [1.165, 1.54) is 0 Å². The maximum absolute atomic E-state index is 12.3. The second kappa shape index (κ2) is 5.36. The summed E-state index contributed by atoms with van der Waals surface area (Å²) in [4.78, 5) is 14.3. The largest absolute Gasteiger partial charge is 0.393 e. The van der Waals surface area contributed by atoms with E-state index < -0.39 is 0 Å². The van der Waals surface area contributed by atoms with Crippen molar-refractivity contribution < 1.29 is 9.90 Å². The molecule has 98 valence electrons. The number of amides is 1. The highest BCUT2D eigenvalue weighted by Crippen LogP contribution is 2.36. The Kier molecular flexibility index (Phi) is 4.05. The average molecular weight is 240 g/mol. The summed E-state index contributed by atoms with van der Waals surface area (Å²) in [5.41, 5.74) is 0. The Morgan fingerprint density at radius 2 is 2.00 bits per heavy atom. The molecule has 2 fully saturated rings. The SMILES string of the molecule is CCNC(C)CC(=O)N1C2CCC1CC(O)C2. The first-order valence-electron chi connectivity index (χ1n) is 6.84. The van der Waals surface area contributed by atoms with Gasteiger partial charge in [0, 0.05) is 24.5 Å². The number of nitrogens with one attached hydrogen (secondary N) is 1. The maximum atomic E-state index is 12.3. The first-order valence-corrected chi connectivity index (χ1v) is 6.84. The lowest BCUT2D eigenvalue weighted by atomic mass is 9.99. The highest BCUT2D eigenvalue weighted by atomic mass is 16.3. The Bertz CT molecular complexity index is 269. The Balaban J connectivity index is 1.92. The molecule has 2 heterocycles. The van der Waals surface area contributed by atoms with Crippen LogP contribution in [0.2, 0.25) is 0 Å². The zero-order valence-corrected chi connectivity index (χ0v) is 10.9. The fourth-order valence-corrected chi connectivity index (χ4v) is 3.34. The van der Waals surface area contributed by atoms with E-state index in [9.17, 15) is 9.90 Å². The van der Waals surface area contributed by atoms with Gasteiger partial charge in [-0.15, -0.1) is 0 Å². The summed E-state index contributed by atoms with van der Waals surface area (Å²) in [6.45, 7) is 5.02. The summed E-state index contributed by atoms with van der Waals surface area (Å²) < 4.78 is 0. The lowest BCUT2D eigenvalue weighted by molar-refractivity contribution is -0.137. The normalized spacial score (nSPS) is 33.8. The van der Waals surface area contributed by atoms with Crippen molar-refractivity contribution in [2.24, 2.45) is 0 Å². The Hall–Kier alpha value is -0.610. The number of carbonyl (C=O) groups excluding carboxylic acids is 1. The van der Waals surface area contributed by atoms with Gasteiger partial charge in [0.15, 0.2) is 0 Å². The molecule has 0 spiro atoms. The van der Waals surface area contributed by atoms with Gasteiger partial charge in [0.25, 0.3) is 0 Å². The summed E-state index contributed by atoms with van der Waals surface area (Å²) in [6.07, 6.45) is 4.08. The summed E-state index contributed by atoms with van der Waals surface area (Å²) in [5, 5.41) is 13.0. The van der Waals surface area contributed by atoms with Gasteiger partial charge in [-0.05, 0) is 39.2 Å². The van der Waals surface area contributed by atoms with Crippen molar-refractivity contribution in [1.29, 1.82) is 0 Å². The summed E-state index contributed by atoms with van der Waals surface area (Å²) >= 11 is 0. The Labute approximate surface area is 103 Å². The van der Waals surface area contributed by atoms with Crippen molar-refractivity contribution in [3.8, 4) is 0 Å². The van der Waals surface area contributed by atoms with Gasteiger partial charge >= 0.3 is 0 Å². The van der Waals surface area contributed by atoms with E-state index in [-0.39, 0.29) is 18.1 Å². The predicted molar refractivity (Wildman–Crippen MR) is 66.7 cm³/mol. The van der Waals surface area contributed by atoms with Crippen molar-refractivity contribution >= 4 is 5.91 Å². The van der Waals surface area contributed by atoms with Crippen LogP contribution in [-0.4, -0.2) is 46.7 Å². The number of aliphatic hydroxyl groups excluding tert-OH is 1. The molecule has 2 bridgehead atoms.